The van der Waals surface area contributed by atoms with Gasteiger partial charge in [0.2, 0.25) is 5.95 Å². The van der Waals surface area contributed by atoms with Gasteiger partial charge in [0.15, 0.2) is 0 Å². The van der Waals surface area contributed by atoms with Crippen molar-refractivity contribution >= 4 is 5.95 Å². The molecule has 0 saturated carbocycles. The lowest BCUT2D eigenvalue weighted by molar-refractivity contribution is 0.179. The summed E-state index contributed by atoms with van der Waals surface area (Å²) in [4.78, 5) is 4.10. The van der Waals surface area contributed by atoms with Crippen molar-refractivity contribution in [3.8, 4) is 0 Å². The molecule has 5 nitrogen and oxygen atoms in total. The molecule has 0 radical (unpaired) electrons. The highest BCUT2D eigenvalue weighted by molar-refractivity contribution is 5.18. The first-order valence-corrected chi connectivity index (χ1v) is 3.97. The Morgan fingerprint density at radius 1 is 1.67 bits per heavy atom. The fraction of sp³-hybridized carbons (Fsp3) is 0.714. The molecule has 12 heavy (non-hydrogen) atoms. The Morgan fingerprint density at radius 2 is 2.50 bits per heavy atom. The number of H-pyrrole nitrogens is 1. The van der Waals surface area contributed by atoms with Crippen LogP contribution in [-0.4, -0.2) is 28.4 Å². The lowest BCUT2D eigenvalue weighted by Crippen LogP contribution is -2.23. The van der Waals surface area contributed by atoms with Crippen molar-refractivity contribution in [3.05, 3.63) is 5.82 Å². The van der Waals surface area contributed by atoms with E-state index in [4.69, 9.17) is 10.5 Å². The van der Waals surface area contributed by atoms with Crippen LogP contribution in [0, 0.1) is 0 Å². The third-order valence-corrected chi connectivity index (χ3v) is 2.29. The second-order valence-corrected chi connectivity index (χ2v) is 3.41. The number of nitrogen functional groups attached to an aromatic ring is 1. The van der Waals surface area contributed by atoms with Crippen LogP contribution in [0.4, 0.5) is 5.95 Å². The Labute approximate surface area is 70.3 Å². The van der Waals surface area contributed by atoms with E-state index in [0.29, 0.717) is 12.6 Å². The molecule has 2 heterocycles. The van der Waals surface area contributed by atoms with Crippen molar-refractivity contribution in [2.45, 2.75) is 18.8 Å². The molecule has 1 aromatic rings. The van der Waals surface area contributed by atoms with Crippen LogP contribution in [-0.2, 0) is 10.2 Å². The number of nitrogens with zero attached hydrogens (tertiary/aromatic N) is 2. The van der Waals surface area contributed by atoms with Gasteiger partial charge < -0.3 is 10.5 Å². The highest BCUT2D eigenvalue weighted by Gasteiger charge is 2.34. The molecule has 3 N–H and O–H groups in total. The monoisotopic (exact) mass is 168 g/mol. The van der Waals surface area contributed by atoms with Crippen molar-refractivity contribution in [2.75, 3.05) is 18.9 Å². The topological polar surface area (TPSA) is 76.8 Å². The molecule has 0 spiro atoms. The van der Waals surface area contributed by atoms with E-state index < -0.39 is 0 Å². The maximum absolute atomic E-state index is 5.41. The zero-order valence-electron chi connectivity index (χ0n) is 7.00. The average Bonchev–Trinajstić information content (AvgIpc) is 2.59. The summed E-state index contributed by atoms with van der Waals surface area (Å²) in [6.07, 6.45) is 0.974. The maximum Gasteiger partial charge on any atom is 0.239 e. The zero-order valence-corrected chi connectivity index (χ0v) is 7.00. The van der Waals surface area contributed by atoms with E-state index in [0.717, 1.165) is 18.9 Å². The van der Waals surface area contributed by atoms with Crippen molar-refractivity contribution < 1.29 is 4.74 Å². The zero-order chi connectivity index (χ0) is 8.60. The highest BCUT2D eigenvalue weighted by atomic mass is 16.5. The van der Waals surface area contributed by atoms with Crippen LogP contribution in [0.25, 0.3) is 0 Å². The lowest BCUT2D eigenvalue weighted by Gasteiger charge is -2.16. The molecule has 0 aromatic carbocycles. The Morgan fingerprint density at radius 3 is 3.00 bits per heavy atom. The van der Waals surface area contributed by atoms with E-state index in [1.165, 1.54) is 0 Å². The first-order valence-electron chi connectivity index (χ1n) is 3.97. The predicted molar refractivity (Wildman–Crippen MR) is 43.6 cm³/mol. The predicted octanol–water partition coefficient (Wildman–Crippen LogP) is 0.0649. The summed E-state index contributed by atoms with van der Waals surface area (Å²) in [6.45, 7) is 3.58. The van der Waals surface area contributed by atoms with Crippen LogP contribution < -0.4 is 5.73 Å². The number of hydrogen-bond donors (Lipinski definition) is 2. The van der Waals surface area contributed by atoms with Gasteiger partial charge in [-0.05, 0) is 6.42 Å². The Hall–Kier alpha value is -1.10. The van der Waals surface area contributed by atoms with Crippen LogP contribution in [0.2, 0.25) is 0 Å². The van der Waals surface area contributed by atoms with Gasteiger partial charge in [0.25, 0.3) is 0 Å². The maximum atomic E-state index is 5.41. The number of hydrogen-bond acceptors (Lipinski definition) is 4. The molecule has 2 rings (SSSR count). The normalized spacial score (nSPS) is 29.4. The molecule has 1 saturated heterocycles. The minimum atomic E-state index is -0.0232. The molecule has 0 amide bonds. The van der Waals surface area contributed by atoms with Crippen molar-refractivity contribution in [1.82, 2.24) is 15.2 Å². The third-order valence-electron chi connectivity index (χ3n) is 2.29. The van der Waals surface area contributed by atoms with Crippen molar-refractivity contribution in [1.29, 1.82) is 0 Å². The number of rotatable bonds is 1. The third kappa shape index (κ3) is 1.06. The summed E-state index contributed by atoms with van der Waals surface area (Å²) >= 11 is 0. The molecule has 1 aromatic heterocycles. The molecular formula is C7H12N4O. The van der Waals surface area contributed by atoms with Gasteiger partial charge in [-0.15, -0.1) is 5.10 Å². The average molecular weight is 168 g/mol. The minimum absolute atomic E-state index is 0.0232. The van der Waals surface area contributed by atoms with E-state index in [-0.39, 0.29) is 5.41 Å². The van der Waals surface area contributed by atoms with Gasteiger partial charge in [0.05, 0.1) is 12.0 Å². The van der Waals surface area contributed by atoms with Crippen LogP contribution in [0.3, 0.4) is 0 Å². The number of aromatic nitrogens is 3. The number of nitrogens with one attached hydrogen (secondary N) is 1. The molecule has 1 atom stereocenters. The molecule has 1 unspecified atom stereocenters. The van der Waals surface area contributed by atoms with Crippen molar-refractivity contribution in [3.63, 3.8) is 0 Å². The van der Waals surface area contributed by atoms with Gasteiger partial charge in [-0.1, -0.05) is 6.92 Å². The number of aromatic amines is 1. The molecule has 1 fully saturated rings. The van der Waals surface area contributed by atoms with Crippen molar-refractivity contribution in [2.24, 2.45) is 0 Å². The van der Waals surface area contributed by atoms with E-state index in [1.807, 2.05) is 0 Å². The minimum Gasteiger partial charge on any atom is -0.380 e. The number of ether oxygens (including phenoxy) is 1. The summed E-state index contributed by atoms with van der Waals surface area (Å²) in [6, 6.07) is 0. The first-order chi connectivity index (χ1) is 5.71. The quantitative estimate of drug-likeness (QED) is 0.622. The van der Waals surface area contributed by atoms with Crippen LogP contribution in [0.1, 0.15) is 19.2 Å². The SMILES string of the molecule is CC1(c2nc(N)n[nH]2)CCOC1. The van der Waals surface area contributed by atoms with E-state index >= 15 is 0 Å². The highest BCUT2D eigenvalue weighted by Crippen LogP contribution is 2.29. The Bertz CT molecular complexity index is 277. The van der Waals surface area contributed by atoms with E-state index in [1.54, 1.807) is 0 Å². The summed E-state index contributed by atoms with van der Waals surface area (Å²) in [5.41, 5.74) is 5.39. The summed E-state index contributed by atoms with van der Waals surface area (Å²) in [5.74, 6) is 1.13. The van der Waals surface area contributed by atoms with Gasteiger partial charge in [0.1, 0.15) is 5.82 Å². The molecular weight excluding hydrogens is 156 g/mol. The second kappa shape index (κ2) is 2.45. The molecule has 1 aliphatic heterocycles. The molecule has 5 heteroatoms. The lowest BCUT2D eigenvalue weighted by atomic mass is 9.89. The van der Waals surface area contributed by atoms with Crippen LogP contribution in [0.5, 0.6) is 0 Å². The number of nitrogens with two attached hydrogens (primary N) is 1. The number of anilines is 1. The summed E-state index contributed by atoms with van der Waals surface area (Å²) in [5, 5.41) is 6.61. The first kappa shape index (κ1) is 7.54. The summed E-state index contributed by atoms with van der Waals surface area (Å²) < 4.78 is 5.30. The fourth-order valence-electron chi connectivity index (χ4n) is 1.40. The van der Waals surface area contributed by atoms with Gasteiger partial charge in [-0.2, -0.15) is 4.98 Å². The fourth-order valence-corrected chi connectivity index (χ4v) is 1.40. The summed E-state index contributed by atoms with van der Waals surface area (Å²) in [7, 11) is 0. The van der Waals surface area contributed by atoms with Gasteiger partial charge >= 0.3 is 0 Å². The van der Waals surface area contributed by atoms with Gasteiger partial charge in [-0.3, -0.25) is 5.10 Å². The largest absolute Gasteiger partial charge is 0.380 e. The Balaban J connectivity index is 2.28. The molecule has 66 valence electrons. The van der Waals surface area contributed by atoms with E-state index in [9.17, 15) is 0 Å². The second-order valence-electron chi connectivity index (χ2n) is 3.41. The Kier molecular flexibility index (Phi) is 1.54. The van der Waals surface area contributed by atoms with Crippen LogP contribution >= 0.6 is 0 Å². The van der Waals surface area contributed by atoms with Crippen LogP contribution in [0.15, 0.2) is 0 Å². The molecule has 1 aliphatic rings. The van der Waals surface area contributed by atoms with Gasteiger partial charge in [-0.25, -0.2) is 0 Å². The molecule has 0 bridgehead atoms. The van der Waals surface area contributed by atoms with E-state index in [2.05, 4.69) is 22.1 Å². The standard InChI is InChI=1S/C7H12N4O/c1-7(2-3-12-4-7)5-9-6(8)11-10-5/h2-4H2,1H3,(H3,8,9,10,11). The molecule has 0 aliphatic carbocycles. The van der Waals surface area contributed by atoms with Gasteiger partial charge in [0, 0.05) is 6.61 Å². The smallest absolute Gasteiger partial charge is 0.239 e.